The molecule has 0 spiro atoms. The molecule has 0 radical (unpaired) electrons. The summed E-state index contributed by atoms with van der Waals surface area (Å²) < 4.78 is 0. The Kier molecular flexibility index (Phi) is 3.80. The van der Waals surface area contributed by atoms with Gasteiger partial charge in [0, 0.05) is 6.54 Å². The van der Waals surface area contributed by atoms with Crippen molar-refractivity contribution in [1.82, 2.24) is 5.32 Å². The molecule has 1 heterocycles. The normalized spacial score (nSPS) is 20.8. The molecule has 2 N–H and O–H groups in total. The predicted octanol–water partition coefficient (Wildman–Crippen LogP) is 1.05. The summed E-state index contributed by atoms with van der Waals surface area (Å²) in [7, 11) is 0. The molecule has 0 unspecified atom stereocenters. The van der Waals surface area contributed by atoms with Crippen LogP contribution in [-0.4, -0.2) is 24.2 Å². The first-order valence-electron chi connectivity index (χ1n) is 4.47. The van der Waals surface area contributed by atoms with Crippen LogP contribution in [-0.2, 0) is 0 Å². The van der Waals surface area contributed by atoms with Crippen molar-refractivity contribution in [2.24, 2.45) is 4.99 Å². The molecule has 0 aromatic heterocycles. The zero-order valence-corrected chi connectivity index (χ0v) is 7.51. The van der Waals surface area contributed by atoms with Gasteiger partial charge in [-0.1, -0.05) is 13.0 Å². The highest BCUT2D eigenvalue weighted by molar-refractivity contribution is 5.98. The maximum absolute atomic E-state index is 8.69. The van der Waals surface area contributed by atoms with Gasteiger partial charge in [0.25, 0.3) is 0 Å². The number of aliphatic hydroxyl groups excluding tert-OH is 1. The maximum atomic E-state index is 8.69. The number of aliphatic hydroxyl groups is 1. The van der Waals surface area contributed by atoms with Gasteiger partial charge in [0.05, 0.1) is 0 Å². The fourth-order valence-corrected chi connectivity index (χ4v) is 1.37. The van der Waals surface area contributed by atoms with Gasteiger partial charge in [-0.2, -0.15) is 0 Å². The summed E-state index contributed by atoms with van der Waals surface area (Å²) >= 11 is 0. The highest BCUT2D eigenvalue weighted by Gasteiger charge is 2.09. The molecule has 0 fully saturated rings. The lowest BCUT2D eigenvalue weighted by Gasteiger charge is -2.16. The lowest BCUT2D eigenvalue weighted by atomic mass is 10.1. The molecule has 0 bridgehead atoms. The molecule has 3 heteroatoms. The Bertz CT molecular complexity index is 197. The van der Waals surface area contributed by atoms with E-state index in [1.54, 1.807) is 0 Å². The molecule has 0 saturated carbocycles. The van der Waals surface area contributed by atoms with E-state index in [1.807, 2.05) is 0 Å². The summed E-state index contributed by atoms with van der Waals surface area (Å²) in [6.07, 6.45) is 5.41. The number of hydrogen-bond acceptors (Lipinski definition) is 3. The van der Waals surface area contributed by atoms with E-state index in [0.29, 0.717) is 0 Å². The van der Waals surface area contributed by atoms with E-state index in [0.717, 1.165) is 31.6 Å². The summed E-state index contributed by atoms with van der Waals surface area (Å²) in [6, 6.07) is 0. The van der Waals surface area contributed by atoms with Crippen molar-refractivity contribution in [3.63, 3.8) is 0 Å². The standard InChI is InChI=1S/C9H16N2O/c1-2-4-8-5-3-6-10-9(8)11-7-12/h4,12H,2-3,5-7H2,1H3,(H,10,11)/b8-4-. The molecular weight excluding hydrogens is 152 g/mol. The van der Waals surface area contributed by atoms with Gasteiger partial charge < -0.3 is 10.4 Å². The SMILES string of the molecule is CC/C=C1/CCCN=C1NCO. The topological polar surface area (TPSA) is 44.6 Å². The second kappa shape index (κ2) is 4.93. The van der Waals surface area contributed by atoms with Gasteiger partial charge in [-0.15, -0.1) is 0 Å². The third-order valence-electron chi connectivity index (χ3n) is 1.88. The minimum atomic E-state index is -0.0279. The van der Waals surface area contributed by atoms with Crippen LogP contribution in [0, 0.1) is 0 Å². The van der Waals surface area contributed by atoms with Gasteiger partial charge in [-0.3, -0.25) is 4.99 Å². The minimum Gasteiger partial charge on any atom is -0.377 e. The predicted molar refractivity (Wildman–Crippen MR) is 50.1 cm³/mol. The van der Waals surface area contributed by atoms with Gasteiger partial charge in [-0.05, 0) is 24.8 Å². The van der Waals surface area contributed by atoms with Crippen LogP contribution in [0.3, 0.4) is 0 Å². The van der Waals surface area contributed by atoms with Crippen LogP contribution >= 0.6 is 0 Å². The Hall–Kier alpha value is -0.830. The summed E-state index contributed by atoms with van der Waals surface area (Å²) in [5, 5.41) is 11.5. The van der Waals surface area contributed by atoms with Crippen molar-refractivity contribution in [3.05, 3.63) is 11.6 Å². The first-order valence-corrected chi connectivity index (χ1v) is 4.47. The molecule has 1 aliphatic rings. The molecule has 68 valence electrons. The van der Waals surface area contributed by atoms with Crippen molar-refractivity contribution < 1.29 is 5.11 Å². The van der Waals surface area contributed by atoms with Gasteiger partial charge >= 0.3 is 0 Å². The first-order chi connectivity index (χ1) is 5.88. The van der Waals surface area contributed by atoms with E-state index in [-0.39, 0.29) is 6.73 Å². The number of hydrogen-bond donors (Lipinski definition) is 2. The lowest BCUT2D eigenvalue weighted by Crippen LogP contribution is -2.28. The van der Waals surface area contributed by atoms with Gasteiger partial charge in [0.15, 0.2) is 0 Å². The van der Waals surface area contributed by atoms with Crippen LogP contribution in [0.25, 0.3) is 0 Å². The summed E-state index contributed by atoms with van der Waals surface area (Å²) in [5.74, 6) is 0.880. The highest BCUT2D eigenvalue weighted by Crippen LogP contribution is 2.12. The quantitative estimate of drug-likeness (QED) is 0.605. The van der Waals surface area contributed by atoms with E-state index in [2.05, 4.69) is 23.3 Å². The van der Waals surface area contributed by atoms with Gasteiger partial charge in [0.1, 0.15) is 12.6 Å². The highest BCUT2D eigenvalue weighted by atomic mass is 16.3. The van der Waals surface area contributed by atoms with Crippen LogP contribution in [0.2, 0.25) is 0 Å². The summed E-state index contributed by atoms with van der Waals surface area (Å²) in [4.78, 5) is 4.30. The zero-order chi connectivity index (χ0) is 8.81. The van der Waals surface area contributed by atoms with Crippen molar-refractivity contribution in [3.8, 4) is 0 Å². The Morgan fingerprint density at radius 3 is 3.17 bits per heavy atom. The van der Waals surface area contributed by atoms with Gasteiger partial charge in [-0.25, -0.2) is 0 Å². The van der Waals surface area contributed by atoms with E-state index >= 15 is 0 Å². The minimum absolute atomic E-state index is 0.0279. The fraction of sp³-hybridized carbons (Fsp3) is 0.667. The molecule has 0 aliphatic carbocycles. The Balaban J connectivity index is 2.64. The Labute approximate surface area is 73.2 Å². The molecule has 1 rings (SSSR count). The number of rotatable bonds is 2. The van der Waals surface area contributed by atoms with E-state index in [1.165, 1.54) is 5.57 Å². The monoisotopic (exact) mass is 168 g/mol. The van der Waals surface area contributed by atoms with Crippen LogP contribution in [0.4, 0.5) is 0 Å². The number of allylic oxidation sites excluding steroid dienone is 1. The number of nitrogens with zero attached hydrogens (tertiary/aromatic N) is 1. The van der Waals surface area contributed by atoms with Crippen molar-refractivity contribution >= 4 is 5.84 Å². The van der Waals surface area contributed by atoms with Crippen molar-refractivity contribution in [1.29, 1.82) is 0 Å². The lowest BCUT2D eigenvalue weighted by molar-refractivity contribution is 0.286. The molecule has 0 atom stereocenters. The molecule has 0 aromatic carbocycles. The molecule has 1 aliphatic heterocycles. The van der Waals surface area contributed by atoms with Gasteiger partial charge in [0.2, 0.25) is 0 Å². The van der Waals surface area contributed by atoms with Crippen molar-refractivity contribution in [2.75, 3.05) is 13.3 Å². The van der Waals surface area contributed by atoms with Crippen LogP contribution in [0.5, 0.6) is 0 Å². The second-order valence-electron chi connectivity index (χ2n) is 2.81. The molecular formula is C9H16N2O. The van der Waals surface area contributed by atoms with Crippen LogP contribution < -0.4 is 5.32 Å². The zero-order valence-electron chi connectivity index (χ0n) is 7.51. The Morgan fingerprint density at radius 2 is 2.50 bits per heavy atom. The summed E-state index contributed by atoms with van der Waals surface area (Å²) in [5.41, 5.74) is 1.25. The van der Waals surface area contributed by atoms with Crippen LogP contribution in [0.15, 0.2) is 16.6 Å². The third-order valence-corrected chi connectivity index (χ3v) is 1.88. The van der Waals surface area contributed by atoms with Crippen LogP contribution in [0.1, 0.15) is 26.2 Å². The molecule has 3 nitrogen and oxygen atoms in total. The second-order valence-corrected chi connectivity index (χ2v) is 2.81. The average Bonchev–Trinajstić information content (AvgIpc) is 2.09. The molecule has 0 saturated heterocycles. The number of amidine groups is 1. The van der Waals surface area contributed by atoms with E-state index in [9.17, 15) is 0 Å². The third kappa shape index (κ3) is 2.34. The fourth-order valence-electron chi connectivity index (χ4n) is 1.37. The Morgan fingerprint density at radius 1 is 1.67 bits per heavy atom. The molecule has 12 heavy (non-hydrogen) atoms. The number of aliphatic imine (C=N–C) groups is 1. The number of nitrogens with one attached hydrogen (secondary N) is 1. The molecule has 0 amide bonds. The largest absolute Gasteiger partial charge is 0.377 e. The van der Waals surface area contributed by atoms with E-state index in [4.69, 9.17) is 5.11 Å². The summed E-state index contributed by atoms with van der Waals surface area (Å²) in [6.45, 7) is 2.96. The van der Waals surface area contributed by atoms with Crippen molar-refractivity contribution in [2.45, 2.75) is 26.2 Å². The maximum Gasteiger partial charge on any atom is 0.125 e. The smallest absolute Gasteiger partial charge is 0.125 e. The molecule has 0 aromatic rings. The first kappa shape index (κ1) is 9.26. The average molecular weight is 168 g/mol. The van der Waals surface area contributed by atoms with E-state index < -0.39 is 0 Å².